The van der Waals surface area contributed by atoms with Crippen LogP contribution in [-0.4, -0.2) is 37.3 Å². The predicted octanol–water partition coefficient (Wildman–Crippen LogP) is 1.35. The van der Waals surface area contributed by atoms with Crippen molar-refractivity contribution in [1.82, 2.24) is 4.90 Å². The quantitative estimate of drug-likeness (QED) is 0.632. The molecule has 0 aromatic heterocycles. The first-order valence-corrected chi connectivity index (χ1v) is 4.46. The van der Waals surface area contributed by atoms with E-state index in [2.05, 4.69) is 25.9 Å². The summed E-state index contributed by atoms with van der Waals surface area (Å²) in [5, 5.41) is 8.97. The summed E-state index contributed by atoms with van der Waals surface area (Å²) in [6.45, 7) is 3.53. The molecule has 2 heteroatoms. The number of rotatable bonds is 6. The van der Waals surface area contributed by atoms with Gasteiger partial charge in [0.15, 0.2) is 0 Å². The van der Waals surface area contributed by atoms with Crippen molar-refractivity contribution in [2.45, 2.75) is 26.2 Å². The highest BCUT2D eigenvalue weighted by molar-refractivity contribution is 4.60. The van der Waals surface area contributed by atoms with Crippen molar-refractivity contribution in [3.05, 3.63) is 0 Å². The van der Waals surface area contributed by atoms with Gasteiger partial charge in [-0.15, -0.1) is 0 Å². The van der Waals surface area contributed by atoms with Gasteiger partial charge < -0.3 is 10.0 Å². The highest BCUT2D eigenvalue weighted by atomic mass is 16.3. The topological polar surface area (TPSA) is 23.5 Å². The number of hydrogen-bond donors (Lipinski definition) is 1. The lowest BCUT2D eigenvalue weighted by Gasteiger charge is -2.18. The molecule has 1 N–H and O–H groups in total. The Balaban J connectivity index is 3.41. The van der Waals surface area contributed by atoms with Crippen LogP contribution in [0.2, 0.25) is 0 Å². The van der Waals surface area contributed by atoms with E-state index in [1.54, 1.807) is 0 Å². The van der Waals surface area contributed by atoms with E-state index in [-0.39, 0.29) is 0 Å². The molecule has 11 heavy (non-hydrogen) atoms. The first-order valence-electron chi connectivity index (χ1n) is 4.46. The summed E-state index contributed by atoms with van der Waals surface area (Å²) < 4.78 is 0. The molecule has 0 aliphatic rings. The molecule has 0 aromatic rings. The van der Waals surface area contributed by atoms with E-state index in [0.29, 0.717) is 12.5 Å². The Morgan fingerprint density at radius 2 is 2.00 bits per heavy atom. The van der Waals surface area contributed by atoms with Crippen molar-refractivity contribution in [1.29, 1.82) is 0 Å². The lowest BCUT2D eigenvalue weighted by molar-refractivity contribution is 0.183. The van der Waals surface area contributed by atoms with Gasteiger partial charge in [-0.2, -0.15) is 0 Å². The third kappa shape index (κ3) is 6.32. The maximum atomic E-state index is 8.97. The summed E-state index contributed by atoms with van der Waals surface area (Å²) in [6, 6.07) is 0. The molecule has 1 atom stereocenters. The maximum Gasteiger partial charge on any atom is 0.0471 e. The minimum Gasteiger partial charge on any atom is -0.396 e. The fourth-order valence-corrected chi connectivity index (χ4v) is 1.25. The second-order valence-corrected chi connectivity index (χ2v) is 3.45. The van der Waals surface area contributed by atoms with Crippen molar-refractivity contribution in [2.24, 2.45) is 5.92 Å². The van der Waals surface area contributed by atoms with Gasteiger partial charge in [-0.25, -0.2) is 0 Å². The zero-order valence-electron chi connectivity index (χ0n) is 8.01. The lowest BCUT2D eigenvalue weighted by atomic mass is 10.0. The standard InChI is InChI=1S/C9H21NO/c1-4-5-6-9(8-11)7-10(2)3/h9,11H,4-8H2,1-3H3. The van der Waals surface area contributed by atoms with Crippen LogP contribution in [0.5, 0.6) is 0 Å². The van der Waals surface area contributed by atoms with Gasteiger partial charge in [-0.1, -0.05) is 19.8 Å². The monoisotopic (exact) mass is 159 g/mol. The molecule has 0 aliphatic carbocycles. The van der Waals surface area contributed by atoms with Crippen LogP contribution in [0.25, 0.3) is 0 Å². The molecule has 1 unspecified atom stereocenters. The van der Waals surface area contributed by atoms with Crippen LogP contribution < -0.4 is 0 Å². The van der Waals surface area contributed by atoms with E-state index in [4.69, 9.17) is 5.11 Å². The van der Waals surface area contributed by atoms with E-state index in [1.807, 2.05) is 0 Å². The van der Waals surface area contributed by atoms with Gasteiger partial charge in [0.05, 0.1) is 0 Å². The van der Waals surface area contributed by atoms with Crippen molar-refractivity contribution in [2.75, 3.05) is 27.2 Å². The second-order valence-electron chi connectivity index (χ2n) is 3.45. The molecule has 2 nitrogen and oxygen atoms in total. The zero-order chi connectivity index (χ0) is 8.69. The van der Waals surface area contributed by atoms with Gasteiger partial charge in [0.2, 0.25) is 0 Å². The Kier molecular flexibility index (Phi) is 6.57. The molecular formula is C9H21NO. The molecule has 0 heterocycles. The first kappa shape index (κ1) is 10.9. The SMILES string of the molecule is CCCCC(CO)CN(C)C. The normalized spacial score (nSPS) is 13.9. The Morgan fingerprint density at radius 3 is 2.36 bits per heavy atom. The summed E-state index contributed by atoms with van der Waals surface area (Å²) in [4.78, 5) is 2.14. The third-order valence-corrected chi connectivity index (χ3v) is 1.85. The number of hydrogen-bond acceptors (Lipinski definition) is 2. The largest absolute Gasteiger partial charge is 0.396 e. The Morgan fingerprint density at radius 1 is 1.36 bits per heavy atom. The minimum atomic E-state index is 0.332. The van der Waals surface area contributed by atoms with E-state index in [9.17, 15) is 0 Å². The van der Waals surface area contributed by atoms with Crippen molar-refractivity contribution in [3.63, 3.8) is 0 Å². The number of aliphatic hydroxyl groups is 1. The van der Waals surface area contributed by atoms with Crippen LogP contribution in [0.1, 0.15) is 26.2 Å². The molecule has 0 amide bonds. The average molecular weight is 159 g/mol. The minimum absolute atomic E-state index is 0.332. The van der Waals surface area contributed by atoms with Crippen LogP contribution in [0.15, 0.2) is 0 Å². The van der Waals surface area contributed by atoms with Gasteiger partial charge in [-0.05, 0) is 26.4 Å². The smallest absolute Gasteiger partial charge is 0.0471 e. The second kappa shape index (κ2) is 6.62. The number of aliphatic hydroxyl groups excluding tert-OH is 1. The molecule has 0 saturated carbocycles. The molecule has 0 fully saturated rings. The molecule has 0 aliphatic heterocycles. The Bertz CT molecular complexity index is 83.6. The van der Waals surface area contributed by atoms with E-state index in [1.165, 1.54) is 12.8 Å². The van der Waals surface area contributed by atoms with Crippen molar-refractivity contribution >= 4 is 0 Å². The predicted molar refractivity (Wildman–Crippen MR) is 48.7 cm³/mol. The maximum absolute atomic E-state index is 8.97. The highest BCUT2D eigenvalue weighted by Gasteiger charge is 2.06. The first-order chi connectivity index (χ1) is 5.20. The average Bonchev–Trinajstić information content (AvgIpc) is 1.97. The summed E-state index contributed by atoms with van der Waals surface area (Å²) in [5.74, 6) is 0.477. The molecule has 0 radical (unpaired) electrons. The summed E-state index contributed by atoms with van der Waals surface area (Å²) in [6.07, 6.45) is 3.62. The third-order valence-electron chi connectivity index (χ3n) is 1.85. The van der Waals surface area contributed by atoms with Crippen molar-refractivity contribution < 1.29 is 5.11 Å². The van der Waals surface area contributed by atoms with Gasteiger partial charge in [0, 0.05) is 13.2 Å². The van der Waals surface area contributed by atoms with E-state index >= 15 is 0 Å². The highest BCUT2D eigenvalue weighted by Crippen LogP contribution is 2.08. The summed E-state index contributed by atoms with van der Waals surface area (Å²) >= 11 is 0. The van der Waals surface area contributed by atoms with Gasteiger partial charge >= 0.3 is 0 Å². The molecule has 0 rings (SSSR count). The van der Waals surface area contributed by atoms with Crippen molar-refractivity contribution in [3.8, 4) is 0 Å². The van der Waals surface area contributed by atoms with Crippen LogP contribution in [-0.2, 0) is 0 Å². The Labute approximate surface area is 70.2 Å². The molecule has 0 spiro atoms. The zero-order valence-corrected chi connectivity index (χ0v) is 8.01. The van der Waals surface area contributed by atoms with E-state index < -0.39 is 0 Å². The van der Waals surface area contributed by atoms with Crippen LogP contribution >= 0.6 is 0 Å². The molecule has 68 valence electrons. The number of nitrogens with zero attached hydrogens (tertiary/aromatic N) is 1. The van der Waals surface area contributed by atoms with Crippen LogP contribution in [0, 0.1) is 5.92 Å². The van der Waals surface area contributed by atoms with E-state index in [0.717, 1.165) is 13.0 Å². The molecule has 0 saturated heterocycles. The lowest BCUT2D eigenvalue weighted by Crippen LogP contribution is -2.24. The van der Waals surface area contributed by atoms with Gasteiger partial charge in [0.1, 0.15) is 0 Å². The number of unbranched alkanes of at least 4 members (excludes halogenated alkanes) is 1. The fourth-order valence-electron chi connectivity index (χ4n) is 1.25. The molecule has 0 aromatic carbocycles. The Hall–Kier alpha value is -0.0800. The van der Waals surface area contributed by atoms with Gasteiger partial charge in [0.25, 0.3) is 0 Å². The molecular weight excluding hydrogens is 138 g/mol. The summed E-state index contributed by atoms with van der Waals surface area (Å²) in [5.41, 5.74) is 0. The fraction of sp³-hybridized carbons (Fsp3) is 1.00. The molecule has 0 bridgehead atoms. The van der Waals surface area contributed by atoms with Crippen LogP contribution in [0.4, 0.5) is 0 Å². The summed E-state index contributed by atoms with van der Waals surface area (Å²) in [7, 11) is 4.10. The van der Waals surface area contributed by atoms with Crippen LogP contribution in [0.3, 0.4) is 0 Å². The van der Waals surface area contributed by atoms with Gasteiger partial charge in [-0.3, -0.25) is 0 Å².